The minimum absolute atomic E-state index is 0.702. The lowest BCUT2D eigenvalue weighted by atomic mass is 10.1. The fourth-order valence-electron chi connectivity index (χ4n) is 1.80. The summed E-state index contributed by atoms with van der Waals surface area (Å²) in [5.74, 6) is 0. The fraction of sp³-hybridized carbons (Fsp3) is 0.231. The number of aromatic nitrogens is 1. The minimum Gasteiger partial charge on any atom is -0.368 e. The van der Waals surface area contributed by atoms with Crippen molar-refractivity contribution >= 4 is 17.0 Å². The van der Waals surface area contributed by atoms with Gasteiger partial charge in [0.05, 0.1) is 29.4 Å². The summed E-state index contributed by atoms with van der Waals surface area (Å²) in [5.41, 5.74) is 5.86. The summed E-state index contributed by atoms with van der Waals surface area (Å²) in [7, 11) is 2.04. The maximum absolute atomic E-state index is 8.83. The van der Waals surface area contributed by atoms with Crippen LogP contribution in [0.5, 0.6) is 0 Å². The van der Waals surface area contributed by atoms with E-state index < -0.39 is 0 Å². The number of benzene rings is 1. The second-order valence-corrected chi connectivity index (χ2v) is 4.67. The molecule has 3 nitrogen and oxygen atoms in total. The summed E-state index contributed by atoms with van der Waals surface area (Å²) >= 11 is 1.61. The average molecular weight is 243 g/mol. The molecule has 0 N–H and O–H groups in total. The third-order valence-corrected chi connectivity index (χ3v) is 3.26. The summed E-state index contributed by atoms with van der Waals surface area (Å²) in [6, 6.07) is 7.89. The largest absolute Gasteiger partial charge is 0.368 e. The van der Waals surface area contributed by atoms with E-state index >= 15 is 0 Å². The predicted molar refractivity (Wildman–Crippen MR) is 70.1 cm³/mol. The first-order chi connectivity index (χ1) is 8.20. The van der Waals surface area contributed by atoms with Gasteiger partial charge in [-0.15, -0.1) is 11.3 Å². The van der Waals surface area contributed by atoms with Gasteiger partial charge in [-0.25, -0.2) is 4.98 Å². The smallest absolute Gasteiger partial charge is 0.0991 e. The van der Waals surface area contributed by atoms with Gasteiger partial charge in [0.2, 0.25) is 0 Å². The molecule has 4 heteroatoms. The molecule has 0 fully saturated rings. The van der Waals surface area contributed by atoms with Crippen molar-refractivity contribution in [3.05, 3.63) is 45.9 Å². The number of anilines is 1. The molecular weight excluding hydrogens is 230 g/mol. The molecule has 1 aromatic carbocycles. The highest BCUT2D eigenvalue weighted by atomic mass is 32.1. The van der Waals surface area contributed by atoms with Crippen molar-refractivity contribution in [3.8, 4) is 6.07 Å². The maximum Gasteiger partial charge on any atom is 0.0991 e. The van der Waals surface area contributed by atoms with E-state index in [1.807, 2.05) is 37.7 Å². The van der Waals surface area contributed by atoms with Gasteiger partial charge >= 0.3 is 0 Å². The van der Waals surface area contributed by atoms with Crippen molar-refractivity contribution in [2.24, 2.45) is 0 Å². The molecule has 0 amide bonds. The van der Waals surface area contributed by atoms with Gasteiger partial charge in [-0.1, -0.05) is 0 Å². The third kappa shape index (κ3) is 2.63. The van der Waals surface area contributed by atoms with E-state index in [0.717, 1.165) is 23.5 Å². The molecule has 2 aromatic rings. The molecule has 0 aliphatic carbocycles. The first kappa shape index (κ1) is 11.6. The van der Waals surface area contributed by atoms with Crippen LogP contribution in [0.25, 0.3) is 0 Å². The number of nitriles is 1. The lowest BCUT2D eigenvalue weighted by Gasteiger charge is -2.20. The lowest BCUT2D eigenvalue weighted by Crippen LogP contribution is -2.17. The Bertz CT molecular complexity index is 540. The molecule has 1 aromatic heterocycles. The van der Waals surface area contributed by atoms with E-state index in [-0.39, 0.29) is 0 Å². The van der Waals surface area contributed by atoms with Crippen molar-refractivity contribution in [2.45, 2.75) is 13.5 Å². The molecule has 86 valence electrons. The zero-order chi connectivity index (χ0) is 12.3. The van der Waals surface area contributed by atoms with Gasteiger partial charge < -0.3 is 4.90 Å². The van der Waals surface area contributed by atoms with Crippen molar-refractivity contribution in [1.82, 2.24) is 4.98 Å². The average Bonchev–Trinajstić information content (AvgIpc) is 2.81. The standard InChI is InChI=1S/C13H13N3S/c1-10-5-11(6-14)3-4-13(10)16(2)7-12-8-17-9-15-12/h3-5,8-9H,7H2,1-2H3. The molecule has 0 aliphatic heterocycles. The monoisotopic (exact) mass is 243 g/mol. The maximum atomic E-state index is 8.83. The Morgan fingerprint density at radius 1 is 1.47 bits per heavy atom. The highest BCUT2D eigenvalue weighted by molar-refractivity contribution is 7.07. The first-order valence-electron chi connectivity index (χ1n) is 5.29. The fourth-order valence-corrected chi connectivity index (χ4v) is 2.35. The molecule has 0 spiro atoms. The van der Waals surface area contributed by atoms with Crippen LogP contribution < -0.4 is 4.90 Å². The number of hydrogen-bond donors (Lipinski definition) is 0. The Labute approximate surface area is 105 Å². The summed E-state index contributed by atoms with van der Waals surface area (Å²) in [4.78, 5) is 6.41. The Kier molecular flexibility index (Phi) is 3.40. The van der Waals surface area contributed by atoms with E-state index in [1.165, 1.54) is 0 Å². The molecule has 0 bridgehead atoms. The summed E-state index contributed by atoms with van der Waals surface area (Å²) in [6.07, 6.45) is 0. The number of nitrogens with zero attached hydrogens (tertiary/aromatic N) is 3. The Morgan fingerprint density at radius 2 is 2.29 bits per heavy atom. The first-order valence-corrected chi connectivity index (χ1v) is 6.24. The highest BCUT2D eigenvalue weighted by Crippen LogP contribution is 2.21. The second-order valence-electron chi connectivity index (χ2n) is 3.95. The predicted octanol–water partition coefficient (Wildman–Crippen LogP) is 2.96. The lowest BCUT2D eigenvalue weighted by molar-refractivity contribution is 0.890. The van der Waals surface area contributed by atoms with Gasteiger partial charge in [0.15, 0.2) is 0 Å². The van der Waals surface area contributed by atoms with Crippen LogP contribution in [0.2, 0.25) is 0 Å². The molecule has 0 saturated heterocycles. The Balaban J connectivity index is 2.20. The SMILES string of the molecule is Cc1cc(C#N)ccc1N(C)Cc1cscn1. The Hall–Kier alpha value is -1.86. The van der Waals surface area contributed by atoms with Crippen LogP contribution in [0.4, 0.5) is 5.69 Å². The van der Waals surface area contributed by atoms with E-state index in [2.05, 4.69) is 21.3 Å². The van der Waals surface area contributed by atoms with Crippen LogP contribution in [0, 0.1) is 18.3 Å². The number of rotatable bonds is 3. The van der Waals surface area contributed by atoms with Gasteiger partial charge in [0.25, 0.3) is 0 Å². The normalized spacial score (nSPS) is 9.94. The number of hydrogen-bond acceptors (Lipinski definition) is 4. The topological polar surface area (TPSA) is 39.9 Å². The van der Waals surface area contributed by atoms with Crippen LogP contribution in [-0.2, 0) is 6.54 Å². The minimum atomic E-state index is 0.702. The molecular formula is C13H13N3S. The number of thiazole rings is 1. The molecule has 17 heavy (non-hydrogen) atoms. The molecule has 0 saturated carbocycles. The van der Waals surface area contributed by atoms with Crippen LogP contribution in [0.3, 0.4) is 0 Å². The zero-order valence-corrected chi connectivity index (χ0v) is 10.7. The van der Waals surface area contributed by atoms with Crippen molar-refractivity contribution in [2.75, 3.05) is 11.9 Å². The van der Waals surface area contributed by atoms with E-state index in [1.54, 1.807) is 11.3 Å². The molecule has 0 aliphatic rings. The number of aryl methyl sites for hydroxylation is 1. The molecule has 2 rings (SSSR count). The van der Waals surface area contributed by atoms with E-state index in [9.17, 15) is 0 Å². The summed E-state index contributed by atoms with van der Waals surface area (Å²) in [6.45, 7) is 2.81. The second kappa shape index (κ2) is 4.98. The molecule has 1 heterocycles. The van der Waals surface area contributed by atoms with Gasteiger partial charge in [-0.05, 0) is 30.7 Å². The van der Waals surface area contributed by atoms with Gasteiger partial charge in [-0.2, -0.15) is 5.26 Å². The van der Waals surface area contributed by atoms with Crippen LogP contribution in [0.1, 0.15) is 16.8 Å². The summed E-state index contributed by atoms with van der Waals surface area (Å²) in [5, 5.41) is 10.9. The van der Waals surface area contributed by atoms with Crippen molar-refractivity contribution in [3.63, 3.8) is 0 Å². The third-order valence-electron chi connectivity index (χ3n) is 2.62. The molecule has 0 unspecified atom stereocenters. The van der Waals surface area contributed by atoms with Crippen molar-refractivity contribution in [1.29, 1.82) is 5.26 Å². The van der Waals surface area contributed by atoms with Gasteiger partial charge in [-0.3, -0.25) is 0 Å². The van der Waals surface area contributed by atoms with E-state index in [0.29, 0.717) is 5.56 Å². The van der Waals surface area contributed by atoms with E-state index in [4.69, 9.17) is 5.26 Å². The van der Waals surface area contributed by atoms with Crippen LogP contribution >= 0.6 is 11.3 Å². The quantitative estimate of drug-likeness (QED) is 0.832. The van der Waals surface area contributed by atoms with Crippen LogP contribution in [-0.4, -0.2) is 12.0 Å². The van der Waals surface area contributed by atoms with Crippen LogP contribution in [0.15, 0.2) is 29.1 Å². The molecule has 0 radical (unpaired) electrons. The Morgan fingerprint density at radius 3 is 2.88 bits per heavy atom. The zero-order valence-electron chi connectivity index (χ0n) is 9.84. The summed E-state index contributed by atoms with van der Waals surface area (Å²) < 4.78 is 0. The highest BCUT2D eigenvalue weighted by Gasteiger charge is 2.07. The van der Waals surface area contributed by atoms with Gasteiger partial charge in [0, 0.05) is 18.1 Å². The van der Waals surface area contributed by atoms with Crippen molar-refractivity contribution < 1.29 is 0 Å². The van der Waals surface area contributed by atoms with Gasteiger partial charge in [0.1, 0.15) is 0 Å². The molecule has 0 atom stereocenters.